The summed E-state index contributed by atoms with van der Waals surface area (Å²) in [6, 6.07) is -2.12. The maximum atomic E-state index is 12.9. The van der Waals surface area contributed by atoms with Gasteiger partial charge < -0.3 is 31.8 Å². The Morgan fingerprint density at radius 1 is 0.872 bits per heavy atom. The zero-order chi connectivity index (χ0) is 28.7. The highest BCUT2D eigenvalue weighted by molar-refractivity contribution is 5.92. The van der Waals surface area contributed by atoms with Crippen LogP contribution in [0.4, 0.5) is 0 Å². The first-order valence-corrected chi connectivity index (χ1v) is 14.6. The van der Waals surface area contributed by atoms with Crippen LogP contribution < -0.4 is 21.7 Å². The average Bonchev–Trinajstić information content (AvgIpc) is 3.42. The van der Waals surface area contributed by atoms with Crippen LogP contribution in [-0.2, 0) is 25.6 Å². The summed E-state index contributed by atoms with van der Waals surface area (Å²) >= 11 is 0. The second-order valence-corrected chi connectivity index (χ2v) is 10.1. The number of carbonyl (C=O) groups excluding carboxylic acids is 3. The van der Waals surface area contributed by atoms with E-state index in [2.05, 4.69) is 32.8 Å². The van der Waals surface area contributed by atoms with Crippen molar-refractivity contribution >= 4 is 23.7 Å². The van der Waals surface area contributed by atoms with E-state index in [9.17, 15) is 24.3 Å². The Hall–Kier alpha value is -2.95. The Balaban J connectivity index is 2.37. The number of carbonyl (C=O) groups is 4. The van der Waals surface area contributed by atoms with Crippen LogP contribution in [0.5, 0.6) is 0 Å². The monoisotopic (exact) mass is 550 g/mol. The normalized spacial score (nSPS) is 12.5. The molecular formula is C28H50N6O5. The van der Waals surface area contributed by atoms with Gasteiger partial charge in [-0.25, -0.2) is 9.78 Å². The fourth-order valence-electron chi connectivity index (χ4n) is 4.31. The number of imidazole rings is 1. The van der Waals surface area contributed by atoms with E-state index in [0.717, 1.165) is 19.3 Å². The molecule has 0 aliphatic rings. The summed E-state index contributed by atoms with van der Waals surface area (Å²) in [6.07, 6.45) is 18.0. The maximum absolute atomic E-state index is 12.9. The van der Waals surface area contributed by atoms with E-state index in [-0.39, 0.29) is 25.3 Å². The van der Waals surface area contributed by atoms with Crippen LogP contribution in [0, 0.1) is 0 Å². The molecule has 0 aliphatic heterocycles. The maximum Gasteiger partial charge on any atom is 0.326 e. The second kappa shape index (κ2) is 21.9. The van der Waals surface area contributed by atoms with Gasteiger partial charge in [-0.15, -0.1) is 0 Å². The molecule has 222 valence electrons. The summed E-state index contributed by atoms with van der Waals surface area (Å²) in [5, 5.41) is 17.2. The summed E-state index contributed by atoms with van der Waals surface area (Å²) in [5.74, 6) is -2.51. The van der Waals surface area contributed by atoms with Gasteiger partial charge in [-0.2, -0.15) is 0 Å². The van der Waals surface area contributed by atoms with Crippen molar-refractivity contribution in [2.24, 2.45) is 5.73 Å². The first-order valence-electron chi connectivity index (χ1n) is 14.6. The highest BCUT2D eigenvalue weighted by atomic mass is 16.4. The average molecular weight is 551 g/mol. The molecular weight excluding hydrogens is 500 g/mol. The number of aromatic nitrogens is 2. The van der Waals surface area contributed by atoms with Crippen LogP contribution in [-0.4, -0.2) is 63.9 Å². The molecule has 0 spiro atoms. The predicted molar refractivity (Wildman–Crippen MR) is 151 cm³/mol. The number of rotatable bonds is 24. The third-order valence-electron chi connectivity index (χ3n) is 6.65. The van der Waals surface area contributed by atoms with E-state index < -0.39 is 29.9 Å². The summed E-state index contributed by atoms with van der Waals surface area (Å²) in [6.45, 7) is 2.40. The SMILES string of the molecule is CCCCCCCCCCCCCC(=O)NCC(=O)N[C@@H](Cc1cnc[nH]1)C(=O)N[C@@H](CCCCN)C(=O)O. The third kappa shape index (κ3) is 17.3. The van der Waals surface area contributed by atoms with Gasteiger partial charge in [0.1, 0.15) is 12.1 Å². The molecule has 1 aromatic rings. The first kappa shape index (κ1) is 34.1. The van der Waals surface area contributed by atoms with Gasteiger partial charge in [-0.3, -0.25) is 14.4 Å². The molecule has 2 atom stereocenters. The van der Waals surface area contributed by atoms with Crippen molar-refractivity contribution in [3.05, 3.63) is 18.2 Å². The molecule has 11 nitrogen and oxygen atoms in total. The lowest BCUT2D eigenvalue weighted by Crippen LogP contribution is -2.54. The smallest absolute Gasteiger partial charge is 0.326 e. The molecule has 0 aliphatic carbocycles. The molecule has 11 heteroatoms. The number of carboxylic acid groups (broad SMARTS) is 1. The molecule has 0 saturated heterocycles. The molecule has 1 aromatic heterocycles. The number of hydrogen-bond donors (Lipinski definition) is 6. The van der Waals surface area contributed by atoms with Gasteiger partial charge in [0, 0.05) is 24.7 Å². The molecule has 1 heterocycles. The fraction of sp³-hybridized carbons (Fsp3) is 0.750. The number of hydrogen-bond acceptors (Lipinski definition) is 6. The number of unbranched alkanes of at least 4 members (excludes halogenated alkanes) is 11. The van der Waals surface area contributed by atoms with Gasteiger partial charge in [-0.1, -0.05) is 71.1 Å². The van der Waals surface area contributed by atoms with Crippen LogP contribution in [0.2, 0.25) is 0 Å². The number of nitrogens with zero attached hydrogens (tertiary/aromatic N) is 1. The summed E-state index contributed by atoms with van der Waals surface area (Å²) in [7, 11) is 0. The van der Waals surface area contributed by atoms with E-state index in [1.165, 1.54) is 63.9 Å². The van der Waals surface area contributed by atoms with Crippen LogP contribution in [0.25, 0.3) is 0 Å². The van der Waals surface area contributed by atoms with E-state index in [1.807, 2.05) is 0 Å². The Kier molecular flexibility index (Phi) is 19.2. The van der Waals surface area contributed by atoms with Gasteiger partial charge in [0.2, 0.25) is 17.7 Å². The number of carboxylic acids is 1. The highest BCUT2D eigenvalue weighted by Crippen LogP contribution is 2.12. The lowest BCUT2D eigenvalue weighted by atomic mass is 10.1. The molecule has 0 radical (unpaired) electrons. The fourth-order valence-corrected chi connectivity index (χ4v) is 4.31. The standard InChI is InChI=1S/C28H50N6O5/c1-2-3-4-5-6-7-8-9-10-11-12-16-25(35)31-20-26(36)33-24(18-22-19-30-21-32-22)27(37)34-23(28(38)39)15-13-14-17-29/h19,21,23-24H,2-18,20,29H2,1H3,(H,30,32)(H,31,35)(H,33,36)(H,34,37)(H,38,39)/t23-,24-/m0/s1. The topological polar surface area (TPSA) is 179 Å². The Bertz CT molecular complexity index is 817. The number of amides is 3. The van der Waals surface area contributed by atoms with Crippen molar-refractivity contribution in [2.45, 2.75) is 122 Å². The van der Waals surface area contributed by atoms with Gasteiger partial charge in [0.25, 0.3) is 0 Å². The number of nitrogens with two attached hydrogens (primary N) is 1. The molecule has 39 heavy (non-hydrogen) atoms. The van der Waals surface area contributed by atoms with Gasteiger partial charge >= 0.3 is 5.97 Å². The Morgan fingerprint density at radius 2 is 1.51 bits per heavy atom. The minimum absolute atomic E-state index is 0.0966. The molecule has 0 aromatic carbocycles. The molecule has 7 N–H and O–H groups in total. The van der Waals surface area contributed by atoms with Crippen LogP contribution in [0.3, 0.4) is 0 Å². The molecule has 0 fully saturated rings. The predicted octanol–water partition coefficient (Wildman–Crippen LogP) is 2.95. The summed E-state index contributed by atoms with van der Waals surface area (Å²) in [4.78, 5) is 56.0. The lowest BCUT2D eigenvalue weighted by Gasteiger charge is -2.21. The van der Waals surface area contributed by atoms with Crippen molar-refractivity contribution in [1.29, 1.82) is 0 Å². The van der Waals surface area contributed by atoms with E-state index in [1.54, 1.807) is 0 Å². The zero-order valence-corrected chi connectivity index (χ0v) is 23.6. The number of aromatic amines is 1. The van der Waals surface area contributed by atoms with Gasteiger partial charge in [0.05, 0.1) is 12.9 Å². The molecule has 1 rings (SSSR count). The van der Waals surface area contributed by atoms with Crippen molar-refractivity contribution in [3.8, 4) is 0 Å². The Labute approximate surface area is 232 Å². The van der Waals surface area contributed by atoms with Crippen LogP contribution >= 0.6 is 0 Å². The number of aliphatic carboxylic acids is 1. The molecule has 0 unspecified atom stereocenters. The quantitative estimate of drug-likeness (QED) is 0.107. The van der Waals surface area contributed by atoms with Crippen molar-refractivity contribution < 1.29 is 24.3 Å². The molecule has 0 saturated carbocycles. The van der Waals surface area contributed by atoms with E-state index in [4.69, 9.17) is 5.73 Å². The van der Waals surface area contributed by atoms with Crippen molar-refractivity contribution in [2.75, 3.05) is 13.1 Å². The van der Waals surface area contributed by atoms with Crippen LogP contribution in [0.15, 0.2) is 12.5 Å². The number of nitrogens with one attached hydrogen (secondary N) is 4. The highest BCUT2D eigenvalue weighted by Gasteiger charge is 2.27. The third-order valence-corrected chi connectivity index (χ3v) is 6.65. The first-order chi connectivity index (χ1) is 18.9. The van der Waals surface area contributed by atoms with Crippen LogP contribution in [0.1, 0.15) is 109 Å². The van der Waals surface area contributed by atoms with Gasteiger partial charge in [-0.05, 0) is 32.2 Å². The minimum Gasteiger partial charge on any atom is -0.480 e. The lowest BCUT2D eigenvalue weighted by molar-refractivity contribution is -0.142. The Morgan fingerprint density at radius 3 is 2.08 bits per heavy atom. The zero-order valence-electron chi connectivity index (χ0n) is 23.6. The summed E-state index contributed by atoms with van der Waals surface area (Å²) in [5.41, 5.74) is 6.07. The minimum atomic E-state index is -1.15. The van der Waals surface area contributed by atoms with Crippen molar-refractivity contribution in [1.82, 2.24) is 25.9 Å². The summed E-state index contributed by atoms with van der Waals surface area (Å²) < 4.78 is 0. The number of H-pyrrole nitrogens is 1. The van der Waals surface area contributed by atoms with Crippen molar-refractivity contribution in [3.63, 3.8) is 0 Å². The molecule has 3 amide bonds. The van der Waals surface area contributed by atoms with E-state index in [0.29, 0.717) is 31.5 Å². The molecule has 0 bridgehead atoms. The second-order valence-electron chi connectivity index (χ2n) is 10.1. The largest absolute Gasteiger partial charge is 0.480 e. The van der Waals surface area contributed by atoms with Gasteiger partial charge in [0.15, 0.2) is 0 Å². The van der Waals surface area contributed by atoms with E-state index >= 15 is 0 Å².